The standard InChI is InChI=1S/C17H23N3O3S2/c1-25-6-5-13(16(22)23)18-17(24)19-8-11-7-12(10-19)14-3-2-4-15(21)20(14)9-11/h2-4,11-13H,5-10H2,1H3,(H,18,24)(H,22,23)/t11-,12-,13+/m1/s1. The maximum absolute atomic E-state index is 12.1. The highest BCUT2D eigenvalue weighted by Crippen LogP contribution is 2.34. The van der Waals surface area contributed by atoms with Crippen molar-refractivity contribution in [3.8, 4) is 0 Å². The minimum atomic E-state index is -0.870. The fraction of sp³-hybridized carbons (Fsp3) is 0.588. The highest BCUT2D eigenvalue weighted by molar-refractivity contribution is 7.98. The average Bonchev–Trinajstić information content (AvgIpc) is 2.59. The summed E-state index contributed by atoms with van der Waals surface area (Å²) in [6.45, 7) is 2.19. The Bertz CT molecular complexity index is 721. The number of thiocarbonyl (C=S) groups is 1. The van der Waals surface area contributed by atoms with Crippen LogP contribution in [0.15, 0.2) is 23.0 Å². The van der Waals surface area contributed by atoms with E-state index in [0.29, 0.717) is 24.0 Å². The van der Waals surface area contributed by atoms with Gasteiger partial charge in [0.25, 0.3) is 5.56 Å². The first-order chi connectivity index (χ1) is 12.0. The Balaban J connectivity index is 1.70. The van der Waals surface area contributed by atoms with Crippen LogP contribution in [0.25, 0.3) is 0 Å². The second-order valence-corrected chi connectivity index (χ2v) is 8.10. The third-order valence-electron chi connectivity index (χ3n) is 4.97. The molecule has 25 heavy (non-hydrogen) atoms. The highest BCUT2D eigenvalue weighted by Gasteiger charge is 2.35. The van der Waals surface area contributed by atoms with Crippen LogP contribution in [0.2, 0.25) is 0 Å². The van der Waals surface area contributed by atoms with E-state index in [1.807, 2.05) is 23.0 Å². The van der Waals surface area contributed by atoms with Gasteiger partial charge in [-0.3, -0.25) is 4.79 Å². The lowest BCUT2D eigenvalue weighted by atomic mass is 9.83. The number of thioether (sulfide) groups is 1. The molecule has 1 saturated heterocycles. The van der Waals surface area contributed by atoms with Crippen molar-refractivity contribution in [3.63, 3.8) is 0 Å². The Labute approximate surface area is 156 Å². The van der Waals surface area contributed by atoms with Crippen LogP contribution in [0.3, 0.4) is 0 Å². The zero-order valence-electron chi connectivity index (χ0n) is 14.2. The van der Waals surface area contributed by atoms with E-state index in [1.165, 1.54) is 0 Å². The number of fused-ring (bicyclic) bond motifs is 4. The van der Waals surface area contributed by atoms with Gasteiger partial charge in [0.2, 0.25) is 0 Å². The van der Waals surface area contributed by atoms with E-state index >= 15 is 0 Å². The number of rotatable bonds is 5. The quantitative estimate of drug-likeness (QED) is 0.746. The second-order valence-electron chi connectivity index (χ2n) is 6.72. The predicted octanol–water partition coefficient (Wildman–Crippen LogP) is 1.35. The maximum Gasteiger partial charge on any atom is 0.326 e. The number of nitrogens with one attached hydrogen (secondary N) is 1. The molecule has 0 amide bonds. The number of pyridine rings is 1. The van der Waals surface area contributed by atoms with Crippen molar-refractivity contribution in [2.75, 3.05) is 25.1 Å². The molecule has 3 atom stereocenters. The van der Waals surface area contributed by atoms with E-state index in [0.717, 1.165) is 31.0 Å². The van der Waals surface area contributed by atoms with E-state index < -0.39 is 12.0 Å². The molecular weight excluding hydrogens is 358 g/mol. The molecule has 136 valence electrons. The van der Waals surface area contributed by atoms with E-state index in [4.69, 9.17) is 12.2 Å². The van der Waals surface area contributed by atoms with Crippen LogP contribution < -0.4 is 10.9 Å². The lowest BCUT2D eigenvalue weighted by Crippen LogP contribution is -2.54. The summed E-state index contributed by atoms with van der Waals surface area (Å²) in [6.07, 6.45) is 3.55. The molecule has 2 aliphatic heterocycles. The van der Waals surface area contributed by atoms with Crippen LogP contribution in [0.4, 0.5) is 0 Å². The number of hydrogen-bond donors (Lipinski definition) is 2. The number of piperidine rings is 1. The summed E-state index contributed by atoms with van der Waals surface area (Å²) >= 11 is 7.12. The minimum Gasteiger partial charge on any atom is -0.480 e. The molecule has 2 bridgehead atoms. The highest BCUT2D eigenvalue weighted by atomic mass is 32.2. The first-order valence-electron chi connectivity index (χ1n) is 8.46. The van der Waals surface area contributed by atoms with Crippen LogP contribution in [0.5, 0.6) is 0 Å². The predicted molar refractivity (Wildman–Crippen MR) is 103 cm³/mol. The van der Waals surface area contributed by atoms with Gasteiger partial charge >= 0.3 is 5.97 Å². The van der Waals surface area contributed by atoms with Crippen molar-refractivity contribution in [3.05, 3.63) is 34.2 Å². The summed E-state index contributed by atoms with van der Waals surface area (Å²) in [4.78, 5) is 25.6. The van der Waals surface area contributed by atoms with Gasteiger partial charge in [-0.15, -0.1) is 0 Å². The average molecular weight is 382 g/mol. The van der Waals surface area contributed by atoms with Crippen molar-refractivity contribution < 1.29 is 9.90 Å². The summed E-state index contributed by atoms with van der Waals surface area (Å²) in [5, 5.41) is 12.9. The van der Waals surface area contributed by atoms with E-state index in [-0.39, 0.29) is 11.5 Å². The van der Waals surface area contributed by atoms with Gasteiger partial charge in [0.1, 0.15) is 6.04 Å². The monoisotopic (exact) mass is 381 g/mol. The molecule has 1 aromatic heterocycles. The number of carboxylic acid groups (broad SMARTS) is 1. The lowest BCUT2D eigenvalue weighted by Gasteiger charge is -2.44. The zero-order valence-corrected chi connectivity index (χ0v) is 15.8. The molecule has 0 aliphatic carbocycles. The number of carbonyl (C=O) groups is 1. The molecule has 2 aliphatic rings. The second kappa shape index (κ2) is 7.78. The minimum absolute atomic E-state index is 0.0596. The van der Waals surface area contributed by atoms with Gasteiger partial charge in [0.05, 0.1) is 0 Å². The number of aromatic nitrogens is 1. The van der Waals surface area contributed by atoms with E-state index in [2.05, 4.69) is 10.2 Å². The molecule has 0 spiro atoms. The molecule has 0 saturated carbocycles. The molecule has 6 nitrogen and oxygen atoms in total. The molecule has 8 heteroatoms. The Hall–Kier alpha value is -1.54. The van der Waals surface area contributed by atoms with Crippen LogP contribution in [0.1, 0.15) is 24.5 Å². The van der Waals surface area contributed by atoms with Gasteiger partial charge in [-0.2, -0.15) is 11.8 Å². The van der Waals surface area contributed by atoms with E-state index in [1.54, 1.807) is 17.8 Å². The third-order valence-corrected chi connectivity index (χ3v) is 5.99. The first-order valence-corrected chi connectivity index (χ1v) is 10.3. The Morgan fingerprint density at radius 3 is 2.96 bits per heavy atom. The first kappa shape index (κ1) is 18.3. The summed E-state index contributed by atoms with van der Waals surface area (Å²) in [5.74, 6) is 0.524. The summed E-state index contributed by atoms with van der Waals surface area (Å²) in [6, 6.07) is 4.78. The van der Waals surface area contributed by atoms with Crippen LogP contribution in [0, 0.1) is 5.92 Å². The van der Waals surface area contributed by atoms with E-state index in [9.17, 15) is 14.7 Å². The van der Waals surface area contributed by atoms with Crippen molar-refractivity contribution in [1.29, 1.82) is 0 Å². The van der Waals surface area contributed by atoms with Crippen molar-refractivity contribution >= 4 is 35.1 Å². The van der Waals surface area contributed by atoms with Crippen LogP contribution in [-0.4, -0.2) is 56.8 Å². The van der Waals surface area contributed by atoms with Gasteiger partial charge in [-0.25, -0.2) is 4.79 Å². The number of likely N-dealkylation sites (tertiary alicyclic amines) is 1. The number of carboxylic acids is 1. The molecule has 3 heterocycles. The molecule has 0 unspecified atom stereocenters. The molecule has 1 aromatic rings. The molecule has 0 aromatic carbocycles. The molecule has 0 radical (unpaired) electrons. The van der Waals surface area contributed by atoms with Gasteiger partial charge < -0.3 is 19.9 Å². The molecule has 2 N–H and O–H groups in total. The lowest BCUT2D eigenvalue weighted by molar-refractivity contribution is -0.139. The Kier molecular flexibility index (Phi) is 5.68. The molecular formula is C17H23N3O3S2. The summed E-state index contributed by atoms with van der Waals surface area (Å²) in [7, 11) is 0. The third kappa shape index (κ3) is 4.00. The van der Waals surface area contributed by atoms with Crippen LogP contribution >= 0.6 is 24.0 Å². The van der Waals surface area contributed by atoms with Crippen molar-refractivity contribution in [2.45, 2.75) is 31.3 Å². The smallest absolute Gasteiger partial charge is 0.326 e. The summed E-state index contributed by atoms with van der Waals surface area (Å²) < 4.78 is 1.88. The number of nitrogens with zero attached hydrogens (tertiary/aromatic N) is 2. The van der Waals surface area contributed by atoms with Gasteiger partial charge in [0, 0.05) is 37.3 Å². The maximum atomic E-state index is 12.1. The van der Waals surface area contributed by atoms with Gasteiger partial charge in [-0.05, 0) is 49.1 Å². The normalized spacial score (nSPS) is 22.8. The Morgan fingerprint density at radius 2 is 2.24 bits per heavy atom. The topological polar surface area (TPSA) is 74.6 Å². The number of aliphatic carboxylic acids is 1. The summed E-state index contributed by atoms with van der Waals surface area (Å²) in [5.41, 5.74) is 1.12. The Morgan fingerprint density at radius 1 is 1.44 bits per heavy atom. The fourth-order valence-electron chi connectivity index (χ4n) is 3.80. The zero-order chi connectivity index (χ0) is 18.0. The molecule has 1 fully saturated rings. The largest absolute Gasteiger partial charge is 0.480 e. The van der Waals surface area contributed by atoms with Gasteiger partial charge in [0.15, 0.2) is 5.11 Å². The van der Waals surface area contributed by atoms with Gasteiger partial charge in [-0.1, -0.05) is 6.07 Å². The SMILES string of the molecule is CSCC[C@H](NC(=S)N1C[C@H]2C[C@H](C1)c1cccc(=O)n1C2)C(=O)O. The van der Waals surface area contributed by atoms with Crippen LogP contribution in [-0.2, 0) is 11.3 Å². The number of hydrogen-bond acceptors (Lipinski definition) is 4. The fourth-order valence-corrected chi connectivity index (χ4v) is 4.56. The molecule has 3 rings (SSSR count). The van der Waals surface area contributed by atoms with Crippen molar-refractivity contribution in [1.82, 2.24) is 14.8 Å². The van der Waals surface area contributed by atoms with Crippen molar-refractivity contribution in [2.24, 2.45) is 5.92 Å².